The average molecular weight is 275 g/mol. The Bertz CT molecular complexity index is 536. The lowest BCUT2D eigenvalue weighted by Crippen LogP contribution is -2.29. The van der Waals surface area contributed by atoms with Crippen LogP contribution in [0.25, 0.3) is 0 Å². The lowest BCUT2D eigenvalue weighted by molar-refractivity contribution is 0.0739. The summed E-state index contributed by atoms with van der Waals surface area (Å²) in [6.07, 6.45) is 1.66. The molecule has 19 heavy (non-hydrogen) atoms. The minimum Gasteiger partial charge on any atom is -0.387 e. The first-order valence-corrected chi connectivity index (χ1v) is 6.96. The molecule has 2 aromatic rings. The Kier molecular flexibility index (Phi) is 4.16. The van der Waals surface area contributed by atoms with Crippen LogP contribution >= 0.6 is 11.3 Å². The Morgan fingerprint density at radius 3 is 2.74 bits per heavy atom. The molecule has 1 unspecified atom stereocenters. The summed E-state index contributed by atoms with van der Waals surface area (Å²) in [7, 11) is 3.63. The Morgan fingerprint density at radius 1 is 1.42 bits per heavy atom. The smallest absolute Gasteiger partial charge is 0.272 e. The predicted molar refractivity (Wildman–Crippen MR) is 78.6 cm³/mol. The third-order valence-corrected chi connectivity index (χ3v) is 4.17. The second kappa shape index (κ2) is 5.84. The van der Waals surface area contributed by atoms with E-state index in [0.29, 0.717) is 5.69 Å². The highest BCUT2D eigenvalue weighted by Crippen LogP contribution is 2.24. The second-order valence-electron chi connectivity index (χ2n) is 4.29. The molecule has 0 aliphatic rings. The van der Waals surface area contributed by atoms with E-state index in [-0.39, 0.29) is 11.9 Å². The van der Waals surface area contributed by atoms with E-state index in [1.54, 1.807) is 35.5 Å². The summed E-state index contributed by atoms with van der Waals surface area (Å²) in [6.45, 7) is 2.02. The zero-order valence-corrected chi connectivity index (χ0v) is 12.1. The number of hydrogen-bond donors (Lipinski definition) is 1. The van der Waals surface area contributed by atoms with E-state index in [1.807, 2.05) is 37.6 Å². The van der Waals surface area contributed by atoms with Crippen LogP contribution in [0.1, 0.15) is 28.3 Å². The first kappa shape index (κ1) is 13.5. The summed E-state index contributed by atoms with van der Waals surface area (Å²) in [5.41, 5.74) is 1.36. The molecule has 0 aromatic carbocycles. The molecule has 0 radical (unpaired) electrons. The first-order valence-electron chi connectivity index (χ1n) is 6.08. The van der Waals surface area contributed by atoms with E-state index in [1.165, 1.54) is 4.88 Å². The number of hydrogen-bond acceptors (Lipinski definition) is 4. The molecule has 2 heterocycles. The Balaban J connectivity index is 2.14. The third-order valence-electron chi connectivity index (χ3n) is 3.13. The van der Waals surface area contributed by atoms with Crippen molar-refractivity contribution in [3.05, 3.63) is 46.4 Å². The van der Waals surface area contributed by atoms with Crippen LogP contribution in [0.5, 0.6) is 0 Å². The molecule has 0 bridgehead atoms. The summed E-state index contributed by atoms with van der Waals surface area (Å²) in [5.74, 6) is -0.0662. The lowest BCUT2D eigenvalue weighted by atomic mass is 10.2. The van der Waals surface area contributed by atoms with Crippen molar-refractivity contribution in [2.45, 2.75) is 13.0 Å². The molecule has 0 aliphatic carbocycles. The van der Waals surface area contributed by atoms with Crippen molar-refractivity contribution >= 4 is 22.9 Å². The van der Waals surface area contributed by atoms with Gasteiger partial charge in [-0.2, -0.15) is 0 Å². The fraction of sp³-hybridized carbons (Fsp3) is 0.286. The van der Waals surface area contributed by atoms with Crippen molar-refractivity contribution in [2.75, 3.05) is 19.4 Å². The van der Waals surface area contributed by atoms with Crippen molar-refractivity contribution in [3.63, 3.8) is 0 Å². The summed E-state index contributed by atoms with van der Waals surface area (Å²) in [5, 5.41) is 5.00. The van der Waals surface area contributed by atoms with Gasteiger partial charge < -0.3 is 10.2 Å². The second-order valence-corrected chi connectivity index (χ2v) is 5.27. The molecular formula is C14H17N3OS. The van der Waals surface area contributed by atoms with Crippen molar-refractivity contribution in [1.82, 2.24) is 9.88 Å². The Hall–Kier alpha value is -1.88. The maximum atomic E-state index is 12.3. The number of aromatic nitrogens is 1. The summed E-state index contributed by atoms with van der Waals surface area (Å²) in [4.78, 5) is 19.4. The quantitative estimate of drug-likeness (QED) is 0.933. The number of pyridine rings is 1. The summed E-state index contributed by atoms with van der Waals surface area (Å²) in [6, 6.07) is 7.68. The fourth-order valence-corrected chi connectivity index (χ4v) is 2.57. The molecule has 100 valence electrons. The topological polar surface area (TPSA) is 45.2 Å². The van der Waals surface area contributed by atoms with Gasteiger partial charge in [-0.15, -0.1) is 11.3 Å². The molecule has 1 amide bonds. The monoisotopic (exact) mass is 275 g/mol. The summed E-state index contributed by atoms with van der Waals surface area (Å²) < 4.78 is 0. The average Bonchev–Trinajstić information content (AvgIpc) is 2.99. The Labute approximate surface area is 117 Å². The van der Waals surface area contributed by atoms with Crippen LogP contribution in [0.3, 0.4) is 0 Å². The zero-order valence-electron chi connectivity index (χ0n) is 11.3. The number of rotatable bonds is 4. The van der Waals surface area contributed by atoms with Crippen LogP contribution in [0.4, 0.5) is 5.69 Å². The highest BCUT2D eigenvalue weighted by Gasteiger charge is 2.20. The van der Waals surface area contributed by atoms with Crippen LogP contribution in [0.2, 0.25) is 0 Å². The molecule has 0 fully saturated rings. The molecule has 0 saturated carbocycles. The molecular weight excluding hydrogens is 258 g/mol. The maximum absolute atomic E-state index is 12.3. The largest absolute Gasteiger partial charge is 0.387 e. The van der Waals surface area contributed by atoms with E-state index >= 15 is 0 Å². The van der Waals surface area contributed by atoms with Crippen molar-refractivity contribution in [2.24, 2.45) is 0 Å². The van der Waals surface area contributed by atoms with Crippen LogP contribution in [0.15, 0.2) is 35.8 Å². The van der Waals surface area contributed by atoms with Gasteiger partial charge in [-0.25, -0.2) is 4.98 Å². The Morgan fingerprint density at radius 2 is 2.21 bits per heavy atom. The van der Waals surface area contributed by atoms with E-state index in [9.17, 15) is 4.79 Å². The number of nitrogens with one attached hydrogen (secondary N) is 1. The van der Waals surface area contributed by atoms with E-state index in [4.69, 9.17) is 0 Å². The van der Waals surface area contributed by atoms with Crippen LogP contribution in [0, 0.1) is 0 Å². The minimum absolute atomic E-state index is 0.0540. The number of nitrogens with zero attached hydrogens (tertiary/aromatic N) is 2. The number of carbonyl (C=O) groups is 1. The van der Waals surface area contributed by atoms with Gasteiger partial charge in [0.15, 0.2) is 0 Å². The van der Waals surface area contributed by atoms with Crippen LogP contribution < -0.4 is 5.32 Å². The highest BCUT2D eigenvalue weighted by molar-refractivity contribution is 7.10. The van der Waals surface area contributed by atoms with Gasteiger partial charge in [0, 0.05) is 19.0 Å². The minimum atomic E-state index is -0.0662. The third kappa shape index (κ3) is 2.93. The summed E-state index contributed by atoms with van der Waals surface area (Å²) >= 11 is 1.65. The molecule has 0 spiro atoms. The van der Waals surface area contributed by atoms with Gasteiger partial charge in [0.25, 0.3) is 5.91 Å². The van der Waals surface area contributed by atoms with Crippen molar-refractivity contribution in [3.8, 4) is 0 Å². The molecule has 5 heteroatoms. The highest BCUT2D eigenvalue weighted by atomic mass is 32.1. The predicted octanol–water partition coefficient (Wildman–Crippen LogP) is 3.02. The normalized spacial score (nSPS) is 11.9. The molecule has 1 N–H and O–H groups in total. The van der Waals surface area contributed by atoms with Crippen LogP contribution in [-0.2, 0) is 0 Å². The SMILES string of the molecule is CNc1ccc(C(=O)N(C)C(C)c2cccs2)nc1. The number of amides is 1. The molecule has 2 rings (SSSR count). The lowest BCUT2D eigenvalue weighted by Gasteiger charge is -2.23. The van der Waals surface area contributed by atoms with Gasteiger partial charge in [-0.05, 0) is 30.5 Å². The molecule has 0 aliphatic heterocycles. The van der Waals surface area contributed by atoms with Gasteiger partial charge in [-0.1, -0.05) is 6.07 Å². The van der Waals surface area contributed by atoms with Crippen molar-refractivity contribution in [1.29, 1.82) is 0 Å². The van der Waals surface area contributed by atoms with Crippen LogP contribution in [-0.4, -0.2) is 29.9 Å². The molecule has 1 atom stereocenters. The van der Waals surface area contributed by atoms with Gasteiger partial charge in [0.05, 0.1) is 17.9 Å². The molecule has 4 nitrogen and oxygen atoms in total. The van der Waals surface area contributed by atoms with Gasteiger partial charge in [0.2, 0.25) is 0 Å². The van der Waals surface area contributed by atoms with E-state index in [0.717, 1.165) is 5.69 Å². The first-order chi connectivity index (χ1) is 9.13. The van der Waals surface area contributed by atoms with Gasteiger partial charge in [0.1, 0.15) is 5.69 Å². The number of anilines is 1. The standard InChI is InChI=1S/C14H17N3OS/c1-10(13-5-4-8-19-13)17(3)14(18)12-7-6-11(15-2)9-16-12/h4-10,15H,1-3H3. The van der Waals surface area contributed by atoms with Gasteiger partial charge >= 0.3 is 0 Å². The van der Waals surface area contributed by atoms with Gasteiger partial charge in [-0.3, -0.25) is 4.79 Å². The van der Waals surface area contributed by atoms with Crippen molar-refractivity contribution < 1.29 is 4.79 Å². The van der Waals surface area contributed by atoms with E-state index in [2.05, 4.69) is 10.3 Å². The van der Waals surface area contributed by atoms with E-state index < -0.39 is 0 Å². The fourth-order valence-electron chi connectivity index (χ4n) is 1.74. The molecule has 0 saturated heterocycles. The molecule has 2 aromatic heterocycles. The maximum Gasteiger partial charge on any atom is 0.272 e. The number of carbonyl (C=O) groups excluding carboxylic acids is 1. The zero-order chi connectivity index (χ0) is 13.8. The number of thiophene rings is 1.